The van der Waals surface area contributed by atoms with E-state index in [1.807, 2.05) is 6.07 Å². The van der Waals surface area contributed by atoms with Crippen molar-refractivity contribution in [3.63, 3.8) is 0 Å². The predicted octanol–water partition coefficient (Wildman–Crippen LogP) is 4.10. The van der Waals surface area contributed by atoms with E-state index in [1.165, 1.54) is 11.6 Å². The molecule has 32 heavy (non-hydrogen) atoms. The lowest BCUT2D eigenvalue weighted by Crippen LogP contribution is -2.48. The van der Waals surface area contributed by atoms with Gasteiger partial charge in [0, 0.05) is 69.8 Å². The molecule has 0 aromatic heterocycles. The average Bonchev–Trinajstić information content (AvgIpc) is 2.79. The van der Waals surface area contributed by atoms with Crippen LogP contribution in [-0.2, 0) is 6.54 Å². The van der Waals surface area contributed by atoms with Gasteiger partial charge in [-0.3, -0.25) is 4.90 Å². The van der Waals surface area contributed by atoms with Crippen LogP contribution in [0.1, 0.15) is 25.3 Å². The Morgan fingerprint density at radius 3 is 2.59 bits per heavy atom. The maximum Gasteiger partial charge on any atom is 0.125 e. The lowest BCUT2D eigenvalue weighted by Gasteiger charge is -2.38. The van der Waals surface area contributed by atoms with Gasteiger partial charge in [-0.2, -0.15) is 0 Å². The molecule has 1 unspecified atom stereocenters. The van der Waals surface area contributed by atoms with E-state index in [4.69, 9.17) is 0 Å². The molecule has 2 fully saturated rings. The number of rotatable bonds is 7. The Kier molecular flexibility index (Phi) is 7.33. The van der Waals surface area contributed by atoms with Crippen molar-refractivity contribution in [1.29, 1.82) is 0 Å². The van der Waals surface area contributed by atoms with Gasteiger partial charge in [-0.05, 0) is 55.7 Å². The van der Waals surface area contributed by atoms with Gasteiger partial charge in [0.1, 0.15) is 11.6 Å². The molecule has 5 nitrogen and oxygen atoms in total. The number of hydrogen-bond donors (Lipinski definition) is 2. The molecule has 0 spiro atoms. The number of hydrogen-bond acceptors (Lipinski definition) is 5. The number of piperazine rings is 1. The normalized spacial score (nSPS) is 20.2. The second kappa shape index (κ2) is 10.4. The molecule has 0 radical (unpaired) electrons. The molecule has 2 aromatic rings. The molecule has 0 aliphatic carbocycles. The minimum Gasteiger partial charge on any atom is -0.382 e. The van der Waals surface area contributed by atoms with Crippen molar-refractivity contribution < 1.29 is 4.39 Å². The van der Waals surface area contributed by atoms with E-state index in [2.05, 4.69) is 70.1 Å². The van der Waals surface area contributed by atoms with Crippen LogP contribution in [0.2, 0.25) is 0 Å². The third-order valence-corrected chi connectivity index (χ3v) is 6.63. The van der Waals surface area contributed by atoms with E-state index < -0.39 is 0 Å². The van der Waals surface area contributed by atoms with Crippen molar-refractivity contribution in [1.82, 2.24) is 15.1 Å². The average molecular weight is 438 g/mol. The first-order chi connectivity index (χ1) is 15.5. The molecule has 2 heterocycles. The lowest BCUT2D eigenvalue weighted by molar-refractivity contribution is 0.199. The van der Waals surface area contributed by atoms with Crippen molar-refractivity contribution >= 4 is 11.4 Å². The van der Waals surface area contributed by atoms with E-state index >= 15 is 0 Å². The number of nitrogens with zero attached hydrogens (tertiary/aromatic N) is 3. The van der Waals surface area contributed by atoms with Crippen molar-refractivity contribution in [2.75, 3.05) is 50.0 Å². The molecule has 172 valence electrons. The van der Waals surface area contributed by atoms with Gasteiger partial charge >= 0.3 is 0 Å². The fourth-order valence-corrected chi connectivity index (χ4v) is 4.70. The molecule has 1 atom stereocenters. The first kappa shape index (κ1) is 22.6. The zero-order chi connectivity index (χ0) is 22.5. The SMILES string of the molecule is C=C(N1CCC(Nc2cccc(F)c2)CC1)N(C)c1ccc(CN2CCNC(C)C2)cc1. The van der Waals surface area contributed by atoms with Crippen LogP contribution >= 0.6 is 0 Å². The Balaban J connectivity index is 1.27. The van der Waals surface area contributed by atoms with Gasteiger partial charge in [0.15, 0.2) is 0 Å². The maximum absolute atomic E-state index is 13.4. The molecule has 2 aliphatic heterocycles. The summed E-state index contributed by atoms with van der Waals surface area (Å²) in [5.41, 5.74) is 3.37. The number of benzene rings is 2. The summed E-state index contributed by atoms with van der Waals surface area (Å²) in [6.45, 7) is 12.8. The number of anilines is 2. The third kappa shape index (κ3) is 5.81. The molecule has 4 rings (SSSR count). The number of halogens is 1. The van der Waals surface area contributed by atoms with Gasteiger partial charge in [0.25, 0.3) is 0 Å². The largest absolute Gasteiger partial charge is 0.382 e. The quantitative estimate of drug-likeness (QED) is 0.682. The molecule has 2 aromatic carbocycles. The molecule has 0 bridgehead atoms. The van der Waals surface area contributed by atoms with Crippen molar-refractivity contribution in [2.24, 2.45) is 0 Å². The summed E-state index contributed by atoms with van der Waals surface area (Å²) in [5, 5.41) is 6.97. The summed E-state index contributed by atoms with van der Waals surface area (Å²) in [7, 11) is 2.09. The van der Waals surface area contributed by atoms with E-state index in [1.54, 1.807) is 12.1 Å². The first-order valence-electron chi connectivity index (χ1n) is 11.7. The first-order valence-corrected chi connectivity index (χ1v) is 11.7. The van der Waals surface area contributed by atoms with Gasteiger partial charge in [0.05, 0.1) is 0 Å². The second-order valence-corrected chi connectivity index (χ2v) is 9.15. The van der Waals surface area contributed by atoms with Crippen LogP contribution in [0.3, 0.4) is 0 Å². The van der Waals surface area contributed by atoms with Crippen molar-refractivity contribution in [2.45, 2.75) is 38.4 Å². The van der Waals surface area contributed by atoms with Crippen LogP contribution in [0.5, 0.6) is 0 Å². The summed E-state index contributed by atoms with van der Waals surface area (Å²) in [6.07, 6.45) is 2.01. The van der Waals surface area contributed by atoms with E-state index in [0.29, 0.717) is 12.1 Å². The van der Waals surface area contributed by atoms with Crippen LogP contribution in [0.25, 0.3) is 0 Å². The number of likely N-dealkylation sites (tertiary alicyclic amines) is 1. The van der Waals surface area contributed by atoms with Crippen LogP contribution in [0.4, 0.5) is 15.8 Å². The second-order valence-electron chi connectivity index (χ2n) is 9.15. The Labute approximate surface area is 191 Å². The topological polar surface area (TPSA) is 33.8 Å². The highest BCUT2D eigenvalue weighted by Crippen LogP contribution is 2.24. The van der Waals surface area contributed by atoms with Gasteiger partial charge in [-0.15, -0.1) is 0 Å². The highest BCUT2D eigenvalue weighted by Gasteiger charge is 2.22. The van der Waals surface area contributed by atoms with Crippen LogP contribution < -0.4 is 15.5 Å². The smallest absolute Gasteiger partial charge is 0.125 e. The molecular weight excluding hydrogens is 401 g/mol. The van der Waals surface area contributed by atoms with E-state index in [0.717, 1.165) is 69.3 Å². The Bertz CT molecular complexity index is 891. The summed E-state index contributed by atoms with van der Waals surface area (Å²) < 4.78 is 13.4. The minimum atomic E-state index is -0.198. The number of nitrogens with one attached hydrogen (secondary N) is 2. The van der Waals surface area contributed by atoms with Crippen molar-refractivity contribution in [3.8, 4) is 0 Å². The summed E-state index contributed by atoms with van der Waals surface area (Å²) in [5.74, 6) is 0.828. The van der Waals surface area contributed by atoms with Crippen molar-refractivity contribution in [3.05, 3.63) is 72.3 Å². The summed E-state index contributed by atoms with van der Waals surface area (Å²) >= 11 is 0. The molecule has 0 saturated carbocycles. The summed E-state index contributed by atoms with van der Waals surface area (Å²) in [4.78, 5) is 7.04. The van der Waals surface area contributed by atoms with E-state index in [-0.39, 0.29) is 5.82 Å². The molecule has 2 N–H and O–H groups in total. The molecule has 0 amide bonds. The zero-order valence-electron chi connectivity index (χ0n) is 19.4. The van der Waals surface area contributed by atoms with Gasteiger partial charge in [-0.25, -0.2) is 4.39 Å². The van der Waals surface area contributed by atoms with Crippen LogP contribution in [0, 0.1) is 5.82 Å². The fourth-order valence-electron chi connectivity index (χ4n) is 4.70. The van der Waals surface area contributed by atoms with Gasteiger partial charge in [0.2, 0.25) is 0 Å². The summed E-state index contributed by atoms with van der Waals surface area (Å²) in [6, 6.07) is 16.5. The monoisotopic (exact) mass is 437 g/mol. The Morgan fingerprint density at radius 1 is 1.16 bits per heavy atom. The Hall–Kier alpha value is -2.57. The highest BCUT2D eigenvalue weighted by atomic mass is 19.1. The standard InChI is InChI=1S/C26H36FN5/c1-20-18-31(16-13-28-20)19-22-7-9-26(10-8-22)30(3)21(2)32-14-11-24(12-15-32)29-25-6-4-5-23(27)17-25/h4-10,17,20,24,28-29H,2,11-16,18-19H2,1,3H3. The van der Waals surface area contributed by atoms with Gasteiger partial charge in [-0.1, -0.05) is 24.8 Å². The van der Waals surface area contributed by atoms with E-state index in [9.17, 15) is 4.39 Å². The number of piperidine rings is 1. The molecule has 2 aliphatic rings. The molecule has 6 heteroatoms. The maximum atomic E-state index is 13.4. The lowest BCUT2D eigenvalue weighted by atomic mass is 10.0. The minimum absolute atomic E-state index is 0.198. The van der Waals surface area contributed by atoms with Crippen LogP contribution in [-0.4, -0.2) is 61.7 Å². The predicted molar refractivity (Wildman–Crippen MR) is 131 cm³/mol. The fraction of sp³-hybridized carbons (Fsp3) is 0.462. The highest BCUT2D eigenvalue weighted by molar-refractivity contribution is 5.51. The molecule has 2 saturated heterocycles. The zero-order valence-corrected chi connectivity index (χ0v) is 19.4. The van der Waals surface area contributed by atoms with Gasteiger partial charge < -0.3 is 20.4 Å². The third-order valence-electron chi connectivity index (χ3n) is 6.63. The Morgan fingerprint density at radius 2 is 1.91 bits per heavy atom. The molecular formula is C26H36FN5. The van der Waals surface area contributed by atoms with Crippen LogP contribution in [0.15, 0.2) is 60.9 Å².